The van der Waals surface area contributed by atoms with Crippen molar-refractivity contribution in [1.82, 2.24) is 24.8 Å². The number of amides is 1. The van der Waals surface area contributed by atoms with Crippen LogP contribution >= 0.6 is 0 Å². The summed E-state index contributed by atoms with van der Waals surface area (Å²) >= 11 is 0. The molecule has 2 saturated heterocycles. The highest BCUT2D eigenvalue weighted by atomic mass is 16.3. The summed E-state index contributed by atoms with van der Waals surface area (Å²) in [5.41, 5.74) is 6.72. The highest BCUT2D eigenvalue weighted by molar-refractivity contribution is 5.86. The molecule has 2 aliphatic heterocycles. The Morgan fingerprint density at radius 3 is 2.90 bits per heavy atom. The van der Waals surface area contributed by atoms with Gasteiger partial charge in [-0.25, -0.2) is 9.97 Å². The van der Waals surface area contributed by atoms with Gasteiger partial charge in [-0.15, -0.1) is 0 Å². The van der Waals surface area contributed by atoms with Gasteiger partial charge in [-0.3, -0.25) is 4.79 Å². The van der Waals surface area contributed by atoms with Crippen LogP contribution in [0.5, 0.6) is 0 Å². The second-order valence-corrected chi connectivity index (χ2v) is 9.05. The Morgan fingerprint density at radius 1 is 1.31 bits per heavy atom. The lowest BCUT2D eigenvalue weighted by atomic mass is 9.84. The number of aromatic nitrogens is 3. The van der Waals surface area contributed by atoms with E-state index in [1.807, 2.05) is 23.8 Å². The molecule has 2 aromatic heterocycles. The predicted octanol–water partition coefficient (Wildman–Crippen LogP) is 1.32. The minimum Gasteiger partial charge on any atom is -0.391 e. The maximum atomic E-state index is 13.6. The van der Waals surface area contributed by atoms with Crippen LogP contribution in [0.3, 0.4) is 0 Å². The third-order valence-electron chi connectivity index (χ3n) is 7.67. The average molecular weight is 399 g/mol. The van der Waals surface area contributed by atoms with Crippen LogP contribution in [0.25, 0.3) is 11.0 Å². The number of anilines is 1. The van der Waals surface area contributed by atoms with E-state index in [0.717, 1.165) is 56.4 Å². The van der Waals surface area contributed by atoms with Gasteiger partial charge in [-0.1, -0.05) is 6.92 Å². The molecule has 8 heteroatoms. The number of rotatable bonds is 2. The van der Waals surface area contributed by atoms with Gasteiger partial charge in [0.1, 0.15) is 17.8 Å². The van der Waals surface area contributed by atoms with E-state index in [-0.39, 0.29) is 29.3 Å². The highest BCUT2D eigenvalue weighted by Gasteiger charge is 2.51. The molecule has 1 aliphatic carbocycles. The predicted molar refractivity (Wildman–Crippen MR) is 110 cm³/mol. The summed E-state index contributed by atoms with van der Waals surface area (Å²) in [6, 6.07) is 1.71. The minimum absolute atomic E-state index is 0.0207. The second-order valence-electron chi connectivity index (χ2n) is 9.05. The summed E-state index contributed by atoms with van der Waals surface area (Å²) in [4.78, 5) is 24.2. The highest BCUT2D eigenvalue weighted by Crippen LogP contribution is 2.45. The Balaban J connectivity index is 1.42. The number of carbonyl (C=O) groups excluding carboxylic acids is 1. The SMILES string of the molecule is C[C@H]1[C@@H](O)[C@H](n2ccc3c(N)ncnc32)C[C@@H]1C(=O)N1CCCC12CCNCC2. The average Bonchev–Trinajstić information content (AvgIpc) is 3.40. The van der Waals surface area contributed by atoms with E-state index >= 15 is 0 Å². The van der Waals surface area contributed by atoms with Crippen LogP contribution < -0.4 is 11.1 Å². The van der Waals surface area contributed by atoms with E-state index < -0.39 is 6.10 Å². The molecule has 0 bridgehead atoms. The molecule has 5 rings (SSSR count). The molecule has 0 radical (unpaired) electrons. The number of likely N-dealkylation sites (tertiary alicyclic amines) is 1. The Bertz CT molecular complexity index is 921. The molecule has 1 saturated carbocycles. The second kappa shape index (κ2) is 6.95. The van der Waals surface area contributed by atoms with Crippen LogP contribution in [-0.2, 0) is 4.79 Å². The van der Waals surface area contributed by atoms with Gasteiger partial charge >= 0.3 is 0 Å². The molecule has 3 aliphatic rings. The third-order valence-corrected chi connectivity index (χ3v) is 7.67. The first-order valence-corrected chi connectivity index (χ1v) is 10.8. The lowest BCUT2D eigenvalue weighted by Gasteiger charge is -2.43. The molecule has 3 fully saturated rings. The molecule has 4 heterocycles. The zero-order chi connectivity index (χ0) is 20.2. The number of nitrogens with one attached hydrogen (secondary N) is 1. The number of fused-ring (bicyclic) bond motifs is 1. The van der Waals surface area contributed by atoms with Crippen LogP contribution in [-0.4, -0.2) is 61.7 Å². The van der Waals surface area contributed by atoms with Gasteiger partial charge in [0.25, 0.3) is 0 Å². The van der Waals surface area contributed by atoms with E-state index in [0.29, 0.717) is 12.2 Å². The van der Waals surface area contributed by atoms with Crippen LogP contribution in [0.4, 0.5) is 5.82 Å². The van der Waals surface area contributed by atoms with Gasteiger partial charge in [-0.2, -0.15) is 0 Å². The van der Waals surface area contributed by atoms with Crippen molar-refractivity contribution in [2.45, 2.75) is 56.7 Å². The molecule has 0 unspecified atom stereocenters. The normalized spacial score (nSPS) is 31.7. The van der Waals surface area contributed by atoms with Crippen molar-refractivity contribution in [2.24, 2.45) is 11.8 Å². The van der Waals surface area contributed by atoms with E-state index in [2.05, 4.69) is 20.2 Å². The van der Waals surface area contributed by atoms with Gasteiger partial charge in [0.15, 0.2) is 0 Å². The van der Waals surface area contributed by atoms with E-state index in [1.165, 1.54) is 6.33 Å². The molecule has 4 N–H and O–H groups in total. The number of carbonyl (C=O) groups is 1. The topological polar surface area (TPSA) is 109 Å². The molecule has 0 aromatic carbocycles. The summed E-state index contributed by atoms with van der Waals surface area (Å²) in [6.45, 7) is 4.81. The fourth-order valence-electron chi connectivity index (χ4n) is 5.96. The molecular weight excluding hydrogens is 368 g/mol. The number of nitrogen functional groups attached to an aromatic ring is 1. The van der Waals surface area contributed by atoms with E-state index in [9.17, 15) is 9.90 Å². The minimum atomic E-state index is -0.595. The van der Waals surface area contributed by atoms with Crippen molar-refractivity contribution in [3.8, 4) is 0 Å². The zero-order valence-electron chi connectivity index (χ0n) is 16.9. The smallest absolute Gasteiger partial charge is 0.226 e. The molecule has 8 nitrogen and oxygen atoms in total. The number of nitrogens with two attached hydrogens (primary N) is 1. The van der Waals surface area contributed by atoms with Crippen molar-refractivity contribution < 1.29 is 9.90 Å². The molecule has 2 aromatic rings. The first-order chi connectivity index (χ1) is 14.0. The molecule has 1 amide bonds. The fraction of sp³-hybridized carbons (Fsp3) is 0.667. The molecule has 4 atom stereocenters. The van der Waals surface area contributed by atoms with Crippen molar-refractivity contribution >= 4 is 22.8 Å². The summed E-state index contributed by atoms with van der Waals surface area (Å²) in [5, 5.41) is 15.3. The Labute approximate surface area is 170 Å². The van der Waals surface area contributed by atoms with Gasteiger partial charge in [0, 0.05) is 24.2 Å². The molecule has 29 heavy (non-hydrogen) atoms. The first-order valence-electron chi connectivity index (χ1n) is 10.8. The maximum absolute atomic E-state index is 13.6. The maximum Gasteiger partial charge on any atom is 0.226 e. The first kappa shape index (κ1) is 18.8. The summed E-state index contributed by atoms with van der Waals surface area (Å²) in [5.74, 6) is 0.399. The van der Waals surface area contributed by atoms with Crippen molar-refractivity contribution in [3.63, 3.8) is 0 Å². The largest absolute Gasteiger partial charge is 0.391 e. The summed E-state index contributed by atoms with van der Waals surface area (Å²) in [7, 11) is 0. The van der Waals surface area contributed by atoms with Crippen LogP contribution in [0.2, 0.25) is 0 Å². The van der Waals surface area contributed by atoms with Crippen molar-refractivity contribution in [3.05, 3.63) is 18.6 Å². The van der Waals surface area contributed by atoms with Crippen LogP contribution in [0.15, 0.2) is 18.6 Å². The molecule has 156 valence electrons. The summed E-state index contributed by atoms with van der Waals surface area (Å²) < 4.78 is 1.98. The zero-order valence-corrected chi connectivity index (χ0v) is 16.9. The monoisotopic (exact) mass is 398 g/mol. The number of piperidine rings is 1. The van der Waals surface area contributed by atoms with Gasteiger partial charge in [0.2, 0.25) is 5.91 Å². The number of hydrogen-bond acceptors (Lipinski definition) is 6. The molecule has 1 spiro atoms. The summed E-state index contributed by atoms with van der Waals surface area (Å²) in [6.07, 6.45) is 7.64. The van der Waals surface area contributed by atoms with Crippen LogP contribution in [0, 0.1) is 11.8 Å². The Morgan fingerprint density at radius 2 is 2.10 bits per heavy atom. The number of nitrogens with zero attached hydrogens (tertiary/aromatic N) is 4. The number of aliphatic hydroxyl groups excluding tert-OH is 1. The molecular formula is C21H30N6O2. The standard InChI is InChI=1S/C21H30N6O2/c1-13-15(20(29)27-9-2-4-21(27)5-7-23-8-6-21)11-16(17(13)28)26-10-3-14-18(22)24-12-25-19(14)26/h3,10,12-13,15-17,23,28H,2,4-9,11H2,1H3,(H2,22,24,25)/t13-,15+,16-,17-/m1/s1. The van der Waals surface area contributed by atoms with Crippen LogP contribution in [0.1, 0.15) is 45.1 Å². The lowest BCUT2D eigenvalue weighted by molar-refractivity contribution is -0.142. The number of aliphatic hydroxyl groups is 1. The van der Waals surface area contributed by atoms with E-state index in [1.54, 1.807) is 0 Å². The quantitative estimate of drug-likeness (QED) is 0.704. The Kier molecular flexibility index (Phi) is 4.51. The van der Waals surface area contributed by atoms with Crippen molar-refractivity contribution in [2.75, 3.05) is 25.4 Å². The number of hydrogen-bond donors (Lipinski definition) is 3. The third kappa shape index (κ3) is 2.84. The Hall–Kier alpha value is -2.19. The lowest BCUT2D eigenvalue weighted by Crippen LogP contribution is -2.54. The van der Waals surface area contributed by atoms with Gasteiger partial charge in [-0.05, 0) is 57.2 Å². The van der Waals surface area contributed by atoms with Gasteiger partial charge < -0.3 is 25.6 Å². The van der Waals surface area contributed by atoms with Gasteiger partial charge in [0.05, 0.1) is 17.5 Å². The van der Waals surface area contributed by atoms with E-state index in [4.69, 9.17) is 5.73 Å². The van der Waals surface area contributed by atoms with Crippen molar-refractivity contribution in [1.29, 1.82) is 0 Å². The fourth-order valence-corrected chi connectivity index (χ4v) is 5.96.